The number of aryl methyl sites for hydroxylation is 1. The molecule has 160 valence electrons. The van der Waals surface area contributed by atoms with Crippen LogP contribution in [0.4, 0.5) is 5.82 Å². The Morgan fingerprint density at radius 3 is 2.65 bits per heavy atom. The highest BCUT2D eigenvalue weighted by atomic mass is 35.5. The normalized spacial score (nSPS) is 20.3. The molecule has 0 bridgehead atoms. The zero-order valence-electron chi connectivity index (χ0n) is 18.2. The van der Waals surface area contributed by atoms with E-state index in [9.17, 15) is 9.59 Å². The van der Waals surface area contributed by atoms with Crippen LogP contribution in [0.5, 0.6) is 0 Å². The second-order valence-electron chi connectivity index (χ2n) is 9.12. The summed E-state index contributed by atoms with van der Waals surface area (Å²) in [6.07, 6.45) is 2.83. The molecule has 1 atom stereocenters. The van der Waals surface area contributed by atoms with Crippen molar-refractivity contribution in [3.05, 3.63) is 81.3 Å². The summed E-state index contributed by atoms with van der Waals surface area (Å²) in [5.41, 5.74) is 4.35. The molecule has 1 aliphatic heterocycles. The minimum Gasteiger partial charge on any atom is -0.362 e. The number of amides is 1. The number of nitrogens with zero attached hydrogens (tertiary/aromatic N) is 1. The number of hydrogen-bond donors (Lipinski definition) is 2. The lowest BCUT2D eigenvalue weighted by Gasteiger charge is -2.39. The largest absolute Gasteiger partial charge is 0.362 e. The molecule has 2 aromatic rings. The molecule has 1 aliphatic carbocycles. The number of Topliss-reactive ketones (excluding diaryl/α,β-unsaturated/α-hetero) is 1. The first-order valence-electron chi connectivity index (χ1n) is 10.4. The molecule has 2 N–H and O–H groups in total. The number of benzene rings is 1. The van der Waals surface area contributed by atoms with Gasteiger partial charge in [-0.2, -0.15) is 0 Å². The van der Waals surface area contributed by atoms with E-state index in [4.69, 9.17) is 11.6 Å². The number of carbonyl (C=O) groups excluding carboxylic acids is 2. The number of allylic oxidation sites excluding steroid dienone is 3. The lowest BCUT2D eigenvalue weighted by molar-refractivity contribution is -0.118. The molecule has 0 radical (unpaired) electrons. The third kappa shape index (κ3) is 4.15. The van der Waals surface area contributed by atoms with Crippen molar-refractivity contribution >= 4 is 29.1 Å². The number of carbonyl (C=O) groups is 2. The molecule has 2 heterocycles. The van der Waals surface area contributed by atoms with Gasteiger partial charge in [0.25, 0.3) is 5.91 Å². The maximum absolute atomic E-state index is 13.5. The molecule has 5 nitrogen and oxygen atoms in total. The molecule has 1 aromatic heterocycles. The molecule has 0 fully saturated rings. The first-order valence-corrected chi connectivity index (χ1v) is 10.8. The number of halogens is 1. The predicted molar refractivity (Wildman–Crippen MR) is 123 cm³/mol. The van der Waals surface area contributed by atoms with Crippen LogP contribution in [0.1, 0.15) is 50.7 Å². The molecule has 1 amide bonds. The van der Waals surface area contributed by atoms with Crippen LogP contribution in [-0.4, -0.2) is 16.7 Å². The molecule has 1 aromatic carbocycles. The topological polar surface area (TPSA) is 71.1 Å². The molecule has 4 rings (SSSR count). The SMILES string of the molecule is CC1=C(C(=O)Nc2cc(C)ccn2)C(c2ccccc2Cl)C2=C(CC(C)(C)CC2=O)N1. The summed E-state index contributed by atoms with van der Waals surface area (Å²) in [6, 6.07) is 11.1. The minimum absolute atomic E-state index is 0.0511. The van der Waals surface area contributed by atoms with Gasteiger partial charge in [0.1, 0.15) is 5.82 Å². The van der Waals surface area contributed by atoms with Gasteiger partial charge in [0.05, 0.1) is 0 Å². The van der Waals surface area contributed by atoms with E-state index in [1.165, 1.54) is 0 Å². The molecular formula is C25H26ClN3O2. The van der Waals surface area contributed by atoms with Gasteiger partial charge in [-0.25, -0.2) is 4.98 Å². The second-order valence-corrected chi connectivity index (χ2v) is 9.53. The fourth-order valence-electron chi connectivity index (χ4n) is 4.55. The Hall–Kier alpha value is -2.92. The monoisotopic (exact) mass is 435 g/mol. The molecule has 0 saturated carbocycles. The number of aromatic nitrogens is 1. The van der Waals surface area contributed by atoms with Crippen molar-refractivity contribution in [3.8, 4) is 0 Å². The Kier molecular flexibility index (Phi) is 5.48. The van der Waals surface area contributed by atoms with E-state index in [1.807, 2.05) is 44.2 Å². The Morgan fingerprint density at radius 2 is 1.94 bits per heavy atom. The summed E-state index contributed by atoms with van der Waals surface area (Å²) in [5.74, 6) is -0.301. The van der Waals surface area contributed by atoms with E-state index >= 15 is 0 Å². The summed E-state index contributed by atoms with van der Waals surface area (Å²) in [5, 5.41) is 6.80. The third-order valence-corrected chi connectivity index (χ3v) is 6.20. The van der Waals surface area contributed by atoms with Crippen molar-refractivity contribution in [1.29, 1.82) is 0 Å². The van der Waals surface area contributed by atoms with Gasteiger partial charge in [-0.3, -0.25) is 9.59 Å². The van der Waals surface area contributed by atoms with E-state index < -0.39 is 5.92 Å². The Morgan fingerprint density at radius 1 is 1.19 bits per heavy atom. The van der Waals surface area contributed by atoms with Crippen LogP contribution in [-0.2, 0) is 9.59 Å². The number of hydrogen-bond acceptors (Lipinski definition) is 4. The van der Waals surface area contributed by atoms with Gasteiger partial charge < -0.3 is 10.6 Å². The van der Waals surface area contributed by atoms with E-state index in [2.05, 4.69) is 29.5 Å². The van der Waals surface area contributed by atoms with Crippen molar-refractivity contribution < 1.29 is 9.59 Å². The minimum atomic E-state index is -0.529. The van der Waals surface area contributed by atoms with E-state index in [0.29, 0.717) is 28.4 Å². The first kappa shape index (κ1) is 21.3. The quantitative estimate of drug-likeness (QED) is 0.687. The van der Waals surface area contributed by atoms with Crippen LogP contribution in [0, 0.1) is 12.3 Å². The second kappa shape index (κ2) is 7.97. The Balaban J connectivity index is 1.83. The number of pyridine rings is 1. The van der Waals surface area contributed by atoms with Gasteiger partial charge in [0.15, 0.2) is 5.78 Å². The molecular weight excluding hydrogens is 410 g/mol. The third-order valence-electron chi connectivity index (χ3n) is 5.86. The van der Waals surface area contributed by atoms with Gasteiger partial charge in [-0.1, -0.05) is 43.6 Å². The average Bonchev–Trinajstić information content (AvgIpc) is 2.66. The van der Waals surface area contributed by atoms with Crippen LogP contribution in [0.25, 0.3) is 0 Å². The fraction of sp³-hybridized carbons (Fsp3) is 0.320. The van der Waals surface area contributed by atoms with Crippen molar-refractivity contribution in [2.75, 3.05) is 5.32 Å². The summed E-state index contributed by atoms with van der Waals surface area (Å²) in [4.78, 5) is 31.0. The number of rotatable bonds is 3. The molecule has 6 heteroatoms. The molecule has 0 spiro atoms. The van der Waals surface area contributed by atoms with Crippen molar-refractivity contribution in [2.24, 2.45) is 5.41 Å². The fourth-order valence-corrected chi connectivity index (χ4v) is 4.79. The molecule has 1 unspecified atom stereocenters. The van der Waals surface area contributed by atoms with Gasteiger partial charge in [-0.15, -0.1) is 0 Å². The van der Waals surface area contributed by atoms with Crippen molar-refractivity contribution in [2.45, 2.75) is 46.5 Å². The highest BCUT2D eigenvalue weighted by Crippen LogP contribution is 2.47. The number of ketones is 1. The van der Waals surface area contributed by atoms with Gasteiger partial charge in [-0.05, 0) is 55.0 Å². The van der Waals surface area contributed by atoms with Crippen molar-refractivity contribution in [3.63, 3.8) is 0 Å². The van der Waals surface area contributed by atoms with Crippen LogP contribution < -0.4 is 10.6 Å². The van der Waals surface area contributed by atoms with Crippen molar-refractivity contribution in [1.82, 2.24) is 10.3 Å². The highest BCUT2D eigenvalue weighted by Gasteiger charge is 2.43. The zero-order chi connectivity index (χ0) is 22.3. The standard InChI is InChI=1S/C25H26ClN3O2/c1-14-9-10-27-20(11-14)29-24(31)21-15(2)28-18-12-25(3,4)13-19(30)23(18)22(21)16-7-5-6-8-17(16)26/h5-11,22,28H,12-13H2,1-4H3,(H,27,29,31). The van der Waals surface area contributed by atoms with Gasteiger partial charge >= 0.3 is 0 Å². The zero-order valence-corrected chi connectivity index (χ0v) is 18.9. The van der Waals surface area contributed by atoms with E-state index in [1.54, 1.807) is 12.3 Å². The first-order chi connectivity index (χ1) is 14.7. The number of dihydropyridines is 1. The van der Waals surface area contributed by atoms with Gasteiger partial charge in [0, 0.05) is 46.1 Å². The van der Waals surface area contributed by atoms with Crippen LogP contribution >= 0.6 is 11.6 Å². The lowest BCUT2D eigenvalue weighted by Crippen LogP contribution is -2.39. The summed E-state index contributed by atoms with van der Waals surface area (Å²) >= 11 is 6.57. The maximum Gasteiger partial charge on any atom is 0.255 e. The van der Waals surface area contributed by atoms with E-state index in [-0.39, 0.29) is 17.1 Å². The predicted octanol–water partition coefficient (Wildman–Crippen LogP) is 5.29. The highest BCUT2D eigenvalue weighted by molar-refractivity contribution is 6.31. The summed E-state index contributed by atoms with van der Waals surface area (Å²) in [7, 11) is 0. The number of nitrogens with one attached hydrogen (secondary N) is 2. The Bertz CT molecular complexity index is 1150. The van der Waals surface area contributed by atoms with Crippen LogP contribution in [0.2, 0.25) is 5.02 Å². The average molecular weight is 436 g/mol. The smallest absolute Gasteiger partial charge is 0.255 e. The number of anilines is 1. The summed E-state index contributed by atoms with van der Waals surface area (Å²) in [6.45, 7) is 7.99. The molecule has 31 heavy (non-hydrogen) atoms. The molecule has 0 saturated heterocycles. The maximum atomic E-state index is 13.5. The summed E-state index contributed by atoms with van der Waals surface area (Å²) < 4.78 is 0. The lowest BCUT2D eigenvalue weighted by atomic mass is 9.68. The van der Waals surface area contributed by atoms with Crippen LogP contribution in [0.3, 0.4) is 0 Å². The van der Waals surface area contributed by atoms with Gasteiger partial charge in [0.2, 0.25) is 0 Å². The van der Waals surface area contributed by atoms with Crippen LogP contribution in [0.15, 0.2) is 65.1 Å². The van der Waals surface area contributed by atoms with E-state index in [0.717, 1.165) is 28.9 Å². The molecule has 2 aliphatic rings. The Labute approximate surface area is 187 Å².